The number of pyridine rings is 1. The average Bonchev–Trinajstić information content (AvgIpc) is 2.94. The third kappa shape index (κ3) is 1.52. The maximum absolute atomic E-state index is 11.3. The number of rotatable bonds is 2. The van der Waals surface area contributed by atoms with Crippen molar-refractivity contribution in [3.63, 3.8) is 0 Å². The van der Waals surface area contributed by atoms with Gasteiger partial charge in [0, 0.05) is 18.6 Å². The van der Waals surface area contributed by atoms with E-state index in [1.54, 1.807) is 10.8 Å². The van der Waals surface area contributed by atoms with Crippen molar-refractivity contribution >= 4 is 27.5 Å². The van der Waals surface area contributed by atoms with Crippen LogP contribution in [-0.2, 0) is 0 Å². The lowest BCUT2D eigenvalue weighted by Gasteiger charge is -2.01. The SMILES string of the molecule is O=C(O)c1sc2cccnc2c1-n1cccc1. The topological polar surface area (TPSA) is 55.1 Å². The van der Waals surface area contributed by atoms with Gasteiger partial charge in [-0.05, 0) is 24.3 Å². The van der Waals surface area contributed by atoms with Crippen molar-refractivity contribution in [3.8, 4) is 5.69 Å². The molecule has 0 saturated heterocycles. The first-order chi connectivity index (χ1) is 8.27. The first-order valence-corrected chi connectivity index (χ1v) is 5.83. The minimum absolute atomic E-state index is 0.315. The number of aromatic nitrogens is 2. The highest BCUT2D eigenvalue weighted by molar-refractivity contribution is 7.21. The van der Waals surface area contributed by atoms with Crippen molar-refractivity contribution in [3.05, 3.63) is 47.7 Å². The van der Waals surface area contributed by atoms with Crippen molar-refractivity contribution in [1.29, 1.82) is 0 Å². The first-order valence-electron chi connectivity index (χ1n) is 5.01. The molecule has 0 aromatic carbocycles. The van der Waals surface area contributed by atoms with E-state index in [0.29, 0.717) is 10.6 Å². The zero-order chi connectivity index (χ0) is 11.8. The highest BCUT2D eigenvalue weighted by Crippen LogP contribution is 2.32. The Hall–Kier alpha value is -2.14. The Labute approximate surface area is 101 Å². The molecule has 0 unspecified atom stereocenters. The smallest absolute Gasteiger partial charge is 0.348 e. The molecule has 84 valence electrons. The monoisotopic (exact) mass is 244 g/mol. The number of hydrogen-bond acceptors (Lipinski definition) is 3. The minimum atomic E-state index is -0.920. The minimum Gasteiger partial charge on any atom is -0.477 e. The normalized spacial score (nSPS) is 10.8. The second-order valence-corrected chi connectivity index (χ2v) is 4.58. The van der Waals surface area contributed by atoms with Crippen LogP contribution in [0.3, 0.4) is 0 Å². The van der Waals surface area contributed by atoms with Crippen LogP contribution < -0.4 is 0 Å². The van der Waals surface area contributed by atoms with Crippen molar-refractivity contribution in [2.75, 3.05) is 0 Å². The summed E-state index contributed by atoms with van der Waals surface area (Å²) in [5.74, 6) is -0.920. The molecule has 0 bridgehead atoms. The molecule has 0 aliphatic heterocycles. The van der Waals surface area contributed by atoms with Crippen LogP contribution in [0, 0.1) is 0 Å². The lowest BCUT2D eigenvalue weighted by molar-refractivity contribution is 0.0702. The molecule has 5 heteroatoms. The molecular formula is C12H8N2O2S. The van der Waals surface area contributed by atoms with E-state index in [2.05, 4.69) is 4.98 Å². The zero-order valence-electron chi connectivity index (χ0n) is 8.70. The number of hydrogen-bond donors (Lipinski definition) is 1. The zero-order valence-corrected chi connectivity index (χ0v) is 9.52. The van der Waals surface area contributed by atoms with Crippen LogP contribution >= 0.6 is 11.3 Å². The highest BCUT2D eigenvalue weighted by Gasteiger charge is 2.19. The molecule has 3 aromatic heterocycles. The van der Waals surface area contributed by atoms with Gasteiger partial charge in [0.25, 0.3) is 0 Å². The largest absolute Gasteiger partial charge is 0.477 e. The molecule has 0 aliphatic rings. The number of carbonyl (C=O) groups is 1. The van der Waals surface area contributed by atoms with Gasteiger partial charge >= 0.3 is 5.97 Å². The van der Waals surface area contributed by atoms with Crippen molar-refractivity contribution in [2.24, 2.45) is 0 Å². The molecule has 0 radical (unpaired) electrons. The van der Waals surface area contributed by atoms with Gasteiger partial charge in [-0.15, -0.1) is 11.3 Å². The summed E-state index contributed by atoms with van der Waals surface area (Å²) in [7, 11) is 0. The second-order valence-electron chi connectivity index (χ2n) is 3.53. The Morgan fingerprint density at radius 3 is 2.76 bits per heavy atom. The van der Waals surface area contributed by atoms with Crippen LogP contribution in [0.1, 0.15) is 9.67 Å². The van der Waals surface area contributed by atoms with Gasteiger partial charge in [0.1, 0.15) is 10.4 Å². The maximum Gasteiger partial charge on any atom is 0.348 e. The lowest BCUT2D eigenvalue weighted by Crippen LogP contribution is -2.00. The predicted molar refractivity (Wildman–Crippen MR) is 65.9 cm³/mol. The summed E-state index contributed by atoms with van der Waals surface area (Å²) in [5, 5.41) is 9.23. The van der Waals surface area contributed by atoms with Gasteiger partial charge in [0.05, 0.1) is 10.4 Å². The molecule has 1 N–H and O–H groups in total. The lowest BCUT2D eigenvalue weighted by atomic mass is 10.3. The third-order valence-corrected chi connectivity index (χ3v) is 3.60. The molecule has 0 saturated carbocycles. The van der Waals surface area contributed by atoms with Gasteiger partial charge in [-0.3, -0.25) is 4.98 Å². The summed E-state index contributed by atoms with van der Waals surface area (Å²) >= 11 is 1.25. The van der Waals surface area contributed by atoms with E-state index in [1.807, 2.05) is 36.7 Å². The molecule has 3 heterocycles. The highest BCUT2D eigenvalue weighted by atomic mass is 32.1. The van der Waals surface area contributed by atoms with Crippen LogP contribution in [0.2, 0.25) is 0 Å². The molecular weight excluding hydrogens is 236 g/mol. The van der Waals surface area contributed by atoms with E-state index in [-0.39, 0.29) is 0 Å². The summed E-state index contributed by atoms with van der Waals surface area (Å²) in [6.45, 7) is 0. The van der Waals surface area contributed by atoms with Crippen LogP contribution in [-0.4, -0.2) is 20.6 Å². The van der Waals surface area contributed by atoms with E-state index in [1.165, 1.54) is 11.3 Å². The Bertz CT molecular complexity index is 686. The molecule has 3 aromatic rings. The van der Waals surface area contributed by atoms with Crippen molar-refractivity contribution in [1.82, 2.24) is 9.55 Å². The van der Waals surface area contributed by atoms with E-state index in [0.717, 1.165) is 10.2 Å². The van der Waals surface area contributed by atoms with E-state index >= 15 is 0 Å². The number of aromatic carboxylic acids is 1. The Morgan fingerprint density at radius 2 is 2.06 bits per heavy atom. The number of carboxylic acid groups (broad SMARTS) is 1. The third-order valence-electron chi connectivity index (χ3n) is 2.48. The molecule has 3 rings (SSSR count). The molecule has 17 heavy (non-hydrogen) atoms. The summed E-state index contributed by atoms with van der Waals surface area (Å²) in [4.78, 5) is 15.8. The molecule has 0 amide bonds. The summed E-state index contributed by atoms with van der Waals surface area (Å²) in [6.07, 6.45) is 5.32. The molecule has 0 fully saturated rings. The van der Waals surface area contributed by atoms with Crippen LogP contribution in [0.5, 0.6) is 0 Å². The van der Waals surface area contributed by atoms with Crippen molar-refractivity contribution < 1.29 is 9.90 Å². The Kier molecular flexibility index (Phi) is 2.19. The Balaban J connectivity index is 2.40. The average molecular weight is 244 g/mol. The van der Waals surface area contributed by atoms with Gasteiger partial charge in [-0.25, -0.2) is 4.79 Å². The first kappa shape index (κ1) is 10.0. The van der Waals surface area contributed by atoms with E-state index in [4.69, 9.17) is 0 Å². The number of carboxylic acids is 1. The fourth-order valence-electron chi connectivity index (χ4n) is 1.78. The predicted octanol–water partition coefficient (Wildman–Crippen LogP) is 2.79. The number of fused-ring (bicyclic) bond motifs is 1. The maximum atomic E-state index is 11.3. The summed E-state index contributed by atoms with van der Waals surface area (Å²) in [5.41, 5.74) is 1.37. The van der Waals surface area contributed by atoms with Gasteiger partial charge in [-0.1, -0.05) is 0 Å². The second kappa shape index (κ2) is 3.71. The van der Waals surface area contributed by atoms with E-state index < -0.39 is 5.97 Å². The van der Waals surface area contributed by atoms with Gasteiger partial charge < -0.3 is 9.67 Å². The quantitative estimate of drug-likeness (QED) is 0.754. The van der Waals surface area contributed by atoms with Gasteiger partial charge in [0.2, 0.25) is 0 Å². The van der Waals surface area contributed by atoms with Crippen LogP contribution in [0.25, 0.3) is 15.9 Å². The molecule has 0 atom stereocenters. The standard InChI is InChI=1S/C12H8N2O2S/c15-12(16)11-10(14-6-1-2-7-14)9-8(17-11)4-3-5-13-9/h1-7H,(H,15,16). The number of nitrogens with zero attached hydrogens (tertiary/aromatic N) is 2. The molecule has 0 spiro atoms. The van der Waals surface area contributed by atoms with E-state index in [9.17, 15) is 9.90 Å². The van der Waals surface area contributed by atoms with Crippen LogP contribution in [0.15, 0.2) is 42.9 Å². The number of thiophene rings is 1. The fourth-order valence-corrected chi connectivity index (χ4v) is 2.78. The Morgan fingerprint density at radius 1 is 1.29 bits per heavy atom. The van der Waals surface area contributed by atoms with Gasteiger partial charge in [-0.2, -0.15) is 0 Å². The van der Waals surface area contributed by atoms with Gasteiger partial charge in [0.15, 0.2) is 0 Å². The molecule has 4 nitrogen and oxygen atoms in total. The summed E-state index contributed by atoms with van der Waals surface area (Å²) in [6, 6.07) is 7.41. The van der Waals surface area contributed by atoms with Crippen LogP contribution in [0.4, 0.5) is 0 Å². The fraction of sp³-hybridized carbons (Fsp3) is 0. The summed E-state index contributed by atoms with van der Waals surface area (Å²) < 4.78 is 2.67. The molecule has 0 aliphatic carbocycles. The van der Waals surface area contributed by atoms with Crippen molar-refractivity contribution in [2.45, 2.75) is 0 Å².